The Hall–Kier alpha value is -1.53. The fourth-order valence-corrected chi connectivity index (χ4v) is 6.67. The van der Waals surface area contributed by atoms with E-state index >= 15 is 0 Å². The van der Waals surface area contributed by atoms with E-state index in [9.17, 15) is 22.8 Å². The van der Waals surface area contributed by atoms with Gasteiger partial charge >= 0.3 is 6.18 Å². The van der Waals surface area contributed by atoms with Gasteiger partial charge in [-0.25, -0.2) is 0 Å². The molecule has 192 valence electrons. The number of carbonyl (C=O) groups is 2. The number of allylic oxidation sites excluding steroid dienone is 1. The minimum absolute atomic E-state index is 0.0280. The molecule has 4 aliphatic rings. The maximum atomic E-state index is 13.6. The number of nitrogens with zero attached hydrogens (tertiary/aromatic N) is 2. The first kappa shape index (κ1) is 25.6. The van der Waals surface area contributed by atoms with Gasteiger partial charge in [0, 0.05) is 25.2 Å². The average molecular weight is 483 g/mol. The van der Waals surface area contributed by atoms with Gasteiger partial charge in [-0.05, 0) is 62.7 Å². The van der Waals surface area contributed by atoms with Crippen molar-refractivity contribution < 1.29 is 22.8 Å². The van der Waals surface area contributed by atoms with Gasteiger partial charge in [-0.2, -0.15) is 13.2 Å². The zero-order valence-corrected chi connectivity index (χ0v) is 20.5. The number of hydrogen-bond acceptors (Lipinski definition) is 2. The molecular weight excluding hydrogens is 441 g/mol. The van der Waals surface area contributed by atoms with E-state index in [1.54, 1.807) is 9.80 Å². The SMILES string of the molecule is O=C1CN(C(=O)/C(=C/C2CCCCC2)C2CCCCC2)CCN1CC1CCCC(C(F)(F)F)C1. The highest BCUT2D eigenvalue weighted by atomic mass is 19.4. The van der Waals surface area contributed by atoms with E-state index in [0.29, 0.717) is 37.9 Å². The lowest BCUT2D eigenvalue weighted by atomic mass is 9.79. The molecule has 0 bridgehead atoms. The summed E-state index contributed by atoms with van der Waals surface area (Å²) in [5, 5.41) is 0. The van der Waals surface area contributed by atoms with Crippen molar-refractivity contribution in [2.45, 2.75) is 96.1 Å². The summed E-state index contributed by atoms with van der Waals surface area (Å²) in [5.41, 5.74) is 0.938. The summed E-state index contributed by atoms with van der Waals surface area (Å²) in [6.07, 6.45) is 11.4. The van der Waals surface area contributed by atoms with Crippen LogP contribution in [0.2, 0.25) is 0 Å². The lowest BCUT2D eigenvalue weighted by molar-refractivity contribution is -0.186. The maximum absolute atomic E-state index is 13.6. The molecule has 3 saturated carbocycles. The Balaban J connectivity index is 1.37. The van der Waals surface area contributed by atoms with Gasteiger partial charge in [0.2, 0.25) is 11.8 Å². The number of carbonyl (C=O) groups excluding carboxylic acids is 2. The standard InChI is InChI=1S/C27H41F3N2O2/c28-27(29,30)23-13-7-10-21(16-23)18-31-14-15-32(19-25(31)33)26(34)24(22-11-5-2-6-12-22)17-20-8-3-1-4-9-20/h17,20-23H,1-16,18-19H2/b24-17+. The van der Waals surface area contributed by atoms with Crippen LogP contribution < -0.4 is 0 Å². The van der Waals surface area contributed by atoms with Crippen molar-refractivity contribution in [3.05, 3.63) is 11.6 Å². The van der Waals surface area contributed by atoms with E-state index < -0.39 is 12.1 Å². The van der Waals surface area contributed by atoms with Gasteiger partial charge < -0.3 is 9.80 Å². The van der Waals surface area contributed by atoms with E-state index in [1.807, 2.05) is 0 Å². The second-order valence-corrected chi connectivity index (χ2v) is 11.2. The molecular formula is C27H41F3N2O2. The van der Waals surface area contributed by atoms with Crippen LogP contribution in [-0.2, 0) is 9.59 Å². The van der Waals surface area contributed by atoms with Gasteiger partial charge in [0.1, 0.15) is 6.54 Å². The monoisotopic (exact) mass is 482 g/mol. The maximum Gasteiger partial charge on any atom is 0.391 e. The molecule has 7 heteroatoms. The molecule has 0 aromatic heterocycles. The van der Waals surface area contributed by atoms with Crippen LogP contribution in [0.1, 0.15) is 89.9 Å². The Morgan fingerprint density at radius 3 is 2.21 bits per heavy atom. The van der Waals surface area contributed by atoms with E-state index in [2.05, 4.69) is 6.08 Å². The van der Waals surface area contributed by atoms with Crippen LogP contribution in [-0.4, -0.2) is 54.0 Å². The lowest BCUT2D eigenvalue weighted by Crippen LogP contribution is -2.54. The van der Waals surface area contributed by atoms with Gasteiger partial charge in [0.05, 0.1) is 5.92 Å². The van der Waals surface area contributed by atoms with Crippen LogP contribution in [0.4, 0.5) is 13.2 Å². The summed E-state index contributed by atoms with van der Waals surface area (Å²) in [5.74, 6) is -0.658. The minimum atomic E-state index is -4.14. The first-order chi connectivity index (χ1) is 16.3. The van der Waals surface area contributed by atoms with Crippen molar-refractivity contribution in [3.8, 4) is 0 Å². The Bertz CT molecular complexity index is 739. The van der Waals surface area contributed by atoms with Crippen LogP contribution in [0.3, 0.4) is 0 Å². The van der Waals surface area contributed by atoms with Crippen molar-refractivity contribution >= 4 is 11.8 Å². The predicted molar refractivity (Wildman–Crippen MR) is 126 cm³/mol. The quantitative estimate of drug-likeness (QED) is 0.444. The third-order valence-electron chi connectivity index (χ3n) is 8.69. The van der Waals surface area contributed by atoms with Crippen molar-refractivity contribution in [2.24, 2.45) is 23.7 Å². The highest BCUT2D eigenvalue weighted by Gasteiger charge is 2.43. The molecule has 2 unspecified atom stereocenters. The summed E-state index contributed by atoms with van der Waals surface area (Å²) in [4.78, 5) is 30.0. The number of rotatable bonds is 5. The molecule has 1 heterocycles. The molecule has 3 aliphatic carbocycles. The second kappa shape index (κ2) is 11.5. The van der Waals surface area contributed by atoms with Gasteiger partial charge in [-0.1, -0.05) is 51.0 Å². The van der Waals surface area contributed by atoms with Crippen molar-refractivity contribution in [1.29, 1.82) is 0 Å². The molecule has 1 aliphatic heterocycles. The molecule has 34 heavy (non-hydrogen) atoms. The van der Waals surface area contributed by atoms with Gasteiger partial charge in [-0.15, -0.1) is 0 Å². The van der Waals surface area contributed by atoms with Crippen molar-refractivity contribution in [3.63, 3.8) is 0 Å². The van der Waals surface area contributed by atoms with E-state index in [4.69, 9.17) is 0 Å². The van der Waals surface area contributed by atoms with E-state index in [0.717, 1.165) is 50.5 Å². The first-order valence-electron chi connectivity index (χ1n) is 13.7. The highest BCUT2D eigenvalue weighted by molar-refractivity contribution is 5.97. The molecule has 0 spiro atoms. The van der Waals surface area contributed by atoms with Crippen LogP contribution >= 0.6 is 0 Å². The third-order valence-corrected chi connectivity index (χ3v) is 8.69. The summed E-state index contributed by atoms with van der Waals surface area (Å²) < 4.78 is 39.5. The molecule has 4 fully saturated rings. The second-order valence-electron chi connectivity index (χ2n) is 11.2. The van der Waals surface area contributed by atoms with Crippen molar-refractivity contribution in [1.82, 2.24) is 9.80 Å². The normalized spacial score (nSPS) is 28.9. The zero-order valence-electron chi connectivity index (χ0n) is 20.5. The number of piperazine rings is 1. The summed E-state index contributed by atoms with van der Waals surface area (Å²) >= 11 is 0. The number of amides is 2. The summed E-state index contributed by atoms with van der Waals surface area (Å²) in [6.45, 7) is 1.36. The smallest absolute Gasteiger partial charge is 0.339 e. The molecule has 0 N–H and O–H groups in total. The Morgan fingerprint density at radius 1 is 0.882 bits per heavy atom. The Morgan fingerprint density at radius 2 is 1.56 bits per heavy atom. The molecule has 2 atom stereocenters. The fourth-order valence-electron chi connectivity index (χ4n) is 6.67. The molecule has 1 saturated heterocycles. The molecule has 2 amide bonds. The van der Waals surface area contributed by atoms with Crippen molar-refractivity contribution in [2.75, 3.05) is 26.2 Å². The summed E-state index contributed by atoms with van der Waals surface area (Å²) in [7, 11) is 0. The number of hydrogen-bond donors (Lipinski definition) is 0. The van der Waals surface area contributed by atoms with Gasteiger partial charge in [-0.3, -0.25) is 9.59 Å². The fraction of sp³-hybridized carbons (Fsp3) is 0.852. The molecule has 4 nitrogen and oxygen atoms in total. The highest BCUT2D eigenvalue weighted by Crippen LogP contribution is 2.40. The summed E-state index contributed by atoms with van der Waals surface area (Å²) in [6, 6.07) is 0. The molecule has 0 aromatic rings. The van der Waals surface area contributed by atoms with E-state index in [-0.39, 0.29) is 37.1 Å². The van der Waals surface area contributed by atoms with E-state index in [1.165, 1.54) is 25.7 Å². The molecule has 0 radical (unpaired) electrons. The number of alkyl halides is 3. The third kappa shape index (κ3) is 6.57. The first-order valence-corrected chi connectivity index (χ1v) is 13.7. The lowest BCUT2D eigenvalue weighted by Gasteiger charge is -2.39. The predicted octanol–water partition coefficient (Wildman–Crippen LogP) is 6.11. The average Bonchev–Trinajstić information content (AvgIpc) is 2.84. The molecule has 0 aromatic carbocycles. The van der Waals surface area contributed by atoms with Crippen LogP contribution in [0.5, 0.6) is 0 Å². The van der Waals surface area contributed by atoms with Gasteiger partial charge in [0.25, 0.3) is 0 Å². The minimum Gasteiger partial charge on any atom is -0.339 e. The molecule has 4 rings (SSSR count). The topological polar surface area (TPSA) is 40.6 Å². The van der Waals surface area contributed by atoms with Crippen LogP contribution in [0.15, 0.2) is 11.6 Å². The zero-order chi connectivity index (χ0) is 24.1. The van der Waals surface area contributed by atoms with Crippen LogP contribution in [0.25, 0.3) is 0 Å². The largest absolute Gasteiger partial charge is 0.391 e. The Kier molecular flexibility index (Phi) is 8.62. The van der Waals surface area contributed by atoms with Gasteiger partial charge in [0.15, 0.2) is 0 Å². The Labute approximate surface area is 202 Å². The number of halogens is 3. The van der Waals surface area contributed by atoms with Crippen LogP contribution in [0, 0.1) is 23.7 Å².